The third-order valence-electron chi connectivity index (χ3n) is 2.63. The zero-order chi connectivity index (χ0) is 18.6. The Balaban J connectivity index is 0.000000421. The fraction of sp³-hybridized carbons (Fsp3) is 0.429. The molecule has 0 fully saturated rings. The fourth-order valence-corrected chi connectivity index (χ4v) is 2.50. The maximum absolute atomic E-state index is 5.38. The predicted octanol–water partition coefficient (Wildman–Crippen LogP) is 7.41. The number of para-hydroxylation sites is 1. The molecule has 0 bridgehead atoms. The molecule has 0 saturated carbocycles. The molecule has 0 aliphatic heterocycles. The Kier molecular flexibility index (Phi) is 18.4. The Morgan fingerprint density at radius 1 is 0.720 bits per heavy atom. The van der Waals surface area contributed by atoms with Gasteiger partial charge in [0.1, 0.15) is 5.75 Å². The summed E-state index contributed by atoms with van der Waals surface area (Å²) in [5.41, 5.74) is 1.24. The molecule has 0 unspecified atom stereocenters. The summed E-state index contributed by atoms with van der Waals surface area (Å²) < 4.78 is 10.7. The van der Waals surface area contributed by atoms with Gasteiger partial charge in [0.25, 0.3) is 0 Å². The van der Waals surface area contributed by atoms with Crippen molar-refractivity contribution in [3.63, 3.8) is 0 Å². The molecule has 0 amide bonds. The number of hydrogen-bond acceptors (Lipinski definition) is 4. The second-order valence-electron chi connectivity index (χ2n) is 4.79. The average molecular weight is 381 g/mol. The van der Waals surface area contributed by atoms with Crippen molar-refractivity contribution in [3.05, 3.63) is 66.2 Å². The summed E-state index contributed by atoms with van der Waals surface area (Å²) in [6, 6.07) is 20.1. The predicted molar refractivity (Wildman–Crippen MR) is 115 cm³/mol. The van der Waals surface area contributed by atoms with E-state index < -0.39 is 0 Å². The summed E-state index contributed by atoms with van der Waals surface area (Å²) in [4.78, 5) is 0. The second-order valence-corrected chi connectivity index (χ2v) is 6.48. The molecule has 0 saturated heterocycles. The Morgan fingerprint density at radius 3 is 1.80 bits per heavy atom. The second kappa shape index (κ2) is 19.2. The van der Waals surface area contributed by atoms with E-state index >= 15 is 0 Å². The van der Waals surface area contributed by atoms with Crippen molar-refractivity contribution in [2.45, 2.75) is 47.1 Å². The largest absolute Gasteiger partial charge is 0.426 e. The zero-order valence-electron chi connectivity index (χ0n) is 15.9. The van der Waals surface area contributed by atoms with Crippen molar-refractivity contribution in [2.75, 3.05) is 11.5 Å². The Morgan fingerprint density at radius 2 is 1.24 bits per heavy atom. The van der Waals surface area contributed by atoms with Crippen molar-refractivity contribution in [1.82, 2.24) is 0 Å². The molecular weight excluding hydrogens is 348 g/mol. The van der Waals surface area contributed by atoms with Gasteiger partial charge in [-0.05, 0) is 42.6 Å². The van der Waals surface area contributed by atoms with E-state index in [2.05, 4.69) is 26.0 Å². The van der Waals surface area contributed by atoms with Gasteiger partial charge in [0.2, 0.25) is 0 Å². The van der Waals surface area contributed by atoms with E-state index in [1.807, 2.05) is 62.4 Å². The molecule has 4 heteroatoms. The average Bonchev–Trinajstić information content (AvgIpc) is 2.69. The highest BCUT2D eigenvalue weighted by Crippen LogP contribution is 2.15. The van der Waals surface area contributed by atoms with Crippen molar-refractivity contribution >= 4 is 24.1 Å². The summed E-state index contributed by atoms with van der Waals surface area (Å²) in [6.07, 6.45) is 2.32. The third-order valence-corrected chi connectivity index (χ3v) is 4.37. The van der Waals surface area contributed by atoms with Crippen LogP contribution < -0.4 is 4.18 Å². The summed E-state index contributed by atoms with van der Waals surface area (Å²) >= 11 is 3.05. The van der Waals surface area contributed by atoms with E-state index in [9.17, 15) is 0 Å². The first-order valence-corrected chi connectivity index (χ1v) is 10.8. The van der Waals surface area contributed by atoms with Gasteiger partial charge in [0.05, 0.1) is 18.6 Å². The summed E-state index contributed by atoms with van der Waals surface area (Å²) in [7, 11) is 0. The van der Waals surface area contributed by atoms with Crippen LogP contribution in [0.15, 0.2) is 60.7 Å². The summed E-state index contributed by atoms with van der Waals surface area (Å²) in [6.45, 7) is 9.01. The summed E-state index contributed by atoms with van der Waals surface area (Å²) in [5.74, 6) is 3.06. The van der Waals surface area contributed by atoms with Gasteiger partial charge in [-0.15, -0.1) is 0 Å². The van der Waals surface area contributed by atoms with Crippen LogP contribution in [0.2, 0.25) is 0 Å². The maximum Gasteiger partial charge on any atom is 0.137 e. The first kappa shape index (κ1) is 23.9. The van der Waals surface area contributed by atoms with Crippen LogP contribution in [-0.4, -0.2) is 11.5 Å². The molecular formula is C21H32O2S2. The van der Waals surface area contributed by atoms with Gasteiger partial charge in [-0.1, -0.05) is 76.2 Å². The molecule has 0 radical (unpaired) electrons. The van der Waals surface area contributed by atoms with Crippen LogP contribution in [0.3, 0.4) is 0 Å². The van der Waals surface area contributed by atoms with E-state index in [1.165, 1.54) is 24.0 Å². The van der Waals surface area contributed by atoms with Crippen molar-refractivity contribution < 1.29 is 8.37 Å². The van der Waals surface area contributed by atoms with Gasteiger partial charge < -0.3 is 8.37 Å². The normalized spacial score (nSPS) is 9.28. The van der Waals surface area contributed by atoms with E-state index in [1.54, 1.807) is 12.0 Å². The first-order chi connectivity index (χ1) is 12.4. The van der Waals surface area contributed by atoms with Gasteiger partial charge in [-0.3, -0.25) is 0 Å². The topological polar surface area (TPSA) is 18.5 Å². The molecule has 0 aliphatic rings. The molecule has 25 heavy (non-hydrogen) atoms. The van der Waals surface area contributed by atoms with Crippen molar-refractivity contribution in [3.8, 4) is 5.75 Å². The lowest BCUT2D eigenvalue weighted by Gasteiger charge is -2.00. The quantitative estimate of drug-likeness (QED) is 0.333. The lowest BCUT2D eigenvalue weighted by molar-refractivity contribution is 0.364. The van der Waals surface area contributed by atoms with Gasteiger partial charge in [0.15, 0.2) is 0 Å². The Labute approximate surface area is 163 Å². The van der Waals surface area contributed by atoms with E-state index in [4.69, 9.17) is 8.37 Å². The minimum atomic E-state index is 0.714. The first-order valence-electron chi connectivity index (χ1n) is 8.99. The highest BCUT2D eigenvalue weighted by molar-refractivity contribution is 7.95. The summed E-state index contributed by atoms with van der Waals surface area (Å²) in [5, 5.41) is 0. The van der Waals surface area contributed by atoms with Crippen LogP contribution in [-0.2, 0) is 10.8 Å². The number of hydrogen-bond donors (Lipinski definition) is 0. The van der Waals surface area contributed by atoms with Crippen molar-refractivity contribution in [1.29, 1.82) is 0 Å². The smallest absolute Gasteiger partial charge is 0.137 e. The number of rotatable bonds is 9. The van der Waals surface area contributed by atoms with Gasteiger partial charge >= 0.3 is 0 Å². The number of benzene rings is 2. The van der Waals surface area contributed by atoms with E-state index in [0.717, 1.165) is 23.7 Å². The van der Waals surface area contributed by atoms with E-state index in [-0.39, 0.29) is 0 Å². The molecule has 2 aromatic rings. The molecule has 0 spiro atoms. The molecule has 0 atom stereocenters. The van der Waals surface area contributed by atoms with Crippen molar-refractivity contribution in [2.24, 2.45) is 0 Å². The molecule has 140 valence electrons. The molecule has 0 N–H and O–H groups in total. The lowest BCUT2D eigenvalue weighted by atomic mass is 10.2. The third kappa shape index (κ3) is 14.9. The zero-order valence-corrected chi connectivity index (χ0v) is 17.6. The van der Waals surface area contributed by atoms with Crippen LogP contribution in [0, 0.1) is 0 Å². The van der Waals surface area contributed by atoms with Crippen LogP contribution in [0.25, 0.3) is 0 Å². The van der Waals surface area contributed by atoms with Gasteiger partial charge in [-0.25, -0.2) is 0 Å². The Hall–Kier alpha value is -1.10. The molecule has 2 aromatic carbocycles. The molecule has 0 aromatic heterocycles. The van der Waals surface area contributed by atoms with Crippen LogP contribution >= 0.6 is 24.1 Å². The lowest BCUT2D eigenvalue weighted by Crippen LogP contribution is -1.85. The van der Waals surface area contributed by atoms with E-state index in [0.29, 0.717) is 6.61 Å². The minimum absolute atomic E-state index is 0.714. The minimum Gasteiger partial charge on any atom is -0.426 e. The van der Waals surface area contributed by atoms with Crippen LogP contribution in [0.1, 0.15) is 46.1 Å². The maximum atomic E-state index is 5.38. The Bertz CT molecular complexity index is 478. The van der Waals surface area contributed by atoms with Crippen LogP contribution in [0.4, 0.5) is 0 Å². The molecule has 0 aliphatic carbocycles. The van der Waals surface area contributed by atoms with Gasteiger partial charge in [0, 0.05) is 11.5 Å². The standard InChI is InChI=1S/C10H14OS.C9H12OS.C2H6/c1-2-8-12-11-9-10-6-4-3-5-7-10;1-2-8-11-10-9-6-4-3-5-7-9;1-2/h3-7H,2,8-9H2,1H3;3-7H,2,8H2,1H3;1-2H3. The monoisotopic (exact) mass is 380 g/mol. The SMILES string of the molecule is CC.CCCSOCc1ccccc1.CCCSOc1ccccc1. The highest BCUT2D eigenvalue weighted by atomic mass is 32.2. The molecule has 2 nitrogen and oxygen atoms in total. The highest BCUT2D eigenvalue weighted by Gasteiger charge is 1.91. The fourth-order valence-electron chi connectivity index (χ4n) is 1.50. The van der Waals surface area contributed by atoms with Gasteiger partial charge in [-0.2, -0.15) is 0 Å². The van der Waals surface area contributed by atoms with Crippen LogP contribution in [0.5, 0.6) is 5.75 Å². The molecule has 0 heterocycles. The molecule has 2 rings (SSSR count).